The molecule has 0 radical (unpaired) electrons. The van der Waals surface area contributed by atoms with E-state index < -0.39 is 0 Å². The van der Waals surface area contributed by atoms with Crippen molar-refractivity contribution >= 4 is 0 Å². The van der Waals surface area contributed by atoms with E-state index in [4.69, 9.17) is 0 Å². The van der Waals surface area contributed by atoms with E-state index in [1.165, 1.54) is 6.39 Å². The summed E-state index contributed by atoms with van der Waals surface area (Å²) in [5.41, 5.74) is 1.60. The second-order valence-electron chi connectivity index (χ2n) is 4.28. The topological polar surface area (TPSA) is 51.0 Å². The molecule has 4 nitrogen and oxygen atoms in total. The van der Waals surface area contributed by atoms with Crippen LogP contribution in [0.2, 0.25) is 0 Å². The summed E-state index contributed by atoms with van der Waals surface area (Å²) < 4.78 is 18.1. The van der Waals surface area contributed by atoms with Crippen molar-refractivity contribution in [2.45, 2.75) is 26.3 Å². The Kier molecular flexibility index (Phi) is 4.04. The Hall–Kier alpha value is -1.75. The maximum Gasteiger partial charge on any atom is 0.213 e. The summed E-state index contributed by atoms with van der Waals surface area (Å²) in [6.07, 6.45) is 2.00. The molecule has 0 spiro atoms. The van der Waals surface area contributed by atoms with Crippen LogP contribution in [-0.4, -0.2) is 16.7 Å². The molecule has 0 aliphatic rings. The molecule has 1 unspecified atom stereocenters. The first-order valence-electron chi connectivity index (χ1n) is 5.91. The highest BCUT2D eigenvalue weighted by atomic mass is 19.1. The van der Waals surface area contributed by atoms with Gasteiger partial charge in [-0.05, 0) is 31.0 Å². The number of benzene rings is 1. The van der Waals surface area contributed by atoms with Gasteiger partial charge >= 0.3 is 0 Å². The maximum atomic E-state index is 13.4. The van der Waals surface area contributed by atoms with E-state index in [9.17, 15) is 4.39 Å². The molecule has 1 aromatic carbocycles. The van der Waals surface area contributed by atoms with Crippen LogP contribution < -0.4 is 5.32 Å². The predicted molar refractivity (Wildman–Crippen MR) is 65.6 cm³/mol. The molecule has 0 aliphatic carbocycles. The largest absolute Gasteiger partial charge is 0.343 e. The van der Waals surface area contributed by atoms with Gasteiger partial charge in [-0.3, -0.25) is 0 Å². The lowest BCUT2D eigenvalue weighted by atomic mass is 10.1. The fourth-order valence-electron chi connectivity index (χ4n) is 1.70. The Labute approximate surface area is 105 Å². The number of aryl methyl sites for hydroxylation is 1. The number of halogens is 1. The summed E-state index contributed by atoms with van der Waals surface area (Å²) in [6, 6.07) is 5.39. The molecule has 1 atom stereocenters. The lowest BCUT2D eigenvalue weighted by Crippen LogP contribution is -2.21. The molecule has 1 N–H and O–H groups in total. The Morgan fingerprint density at radius 3 is 2.94 bits per heavy atom. The van der Waals surface area contributed by atoms with Crippen molar-refractivity contribution in [2.75, 3.05) is 6.54 Å². The van der Waals surface area contributed by atoms with E-state index in [-0.39, 0.29) is 11.9 Å². The van der Waals surface area contributed by atoms with Crippen molar-refractivity contribution in [3.05, 3.63) is 47.4 Å². The van der Waals surface area contributed by atoms with Gasteiger partial charge in [0.1, 0.15) is 5.82 Å². The van der Waals surface area contributed by atoms with E-state index in [2.05, 4.69) is 20.0 Å². The number of hydrogen-bond acceptors (Lipinski definition) is 4. The Morgan fingerprint density at radius 1 is 1.44 bits per heavy atom. The van der Waals surface area contributed by atoms with Crippen LogP contribution in [0.15, 0.2) is 29.1 Å². The quantitative estimate of drug-likeness (QED) is 0.884. The van der Waals surface area contributed by atoms with E-state index in [1.54, 1.807) is 19.1 Å². The van der Waals surface area contributed by atoms with Crippen LogP contribution in [0, 0.1) is 12.7 Å². The number of aromatic nitrogens is 2. The molecule has 0 saturated heterocycles. The zero-order chi connectivity index (χ0) is 13.0. The van der Waals surface area contributed by atoms with Crippen LogP contribution in [0.4, 0.5) is 4.39 Å². The minimum Gasteiger partial charge on any atom is -0.343 e. The SMILES string of the molecule is Cc1ccc(C(C)NCCc2ncon2)cc1F. The first-order chi connectivity index (χ1) is 8.66. The van der Waals surface area contributed by atoms with Crippen molar-refractivity contribution < 1.29 is 8.91 Å². The fourth-order valence-corrected chi connectivity index (χ4v) is 1.70. The minimum absolute atomic E-state index is 0.0898. The second kappa shape index (κ2) is 5.73. The van der Waals surface area contributed by atoms with E-state index in [1.807, 2.05) is 13.0 Å². The van der Waals surface area contributed by atoms with Crippen molar-refractivity contribution in [1.29, 1.82) is 0 Å². The van der Waals surface area contributed by atoms with Crippen molar-refractivity contribution in [3.8, 4) is 0 Å². The van der Waals surface area contributed by atoms with Gasteiger partial charge in [-0.15, -0.1) is 0 Å². The molecule has 18 heavy (non-hydrogen) atoms. The summed E-state index contributed by atoms with van der Waals surface area (Å²) in [4.78, 5) is 3.93. The second-order valence-corrected chi connectivity index (χ2v) is 4.28. The van der Waals surface area contributed by atoms with Gasteiger partial charge in [0.15, 0.2) is 5.82 Å². The molecule has 0 aliphatic heterocycles. The van der Waals surface area contributed by atoms with Gasteiger partial charge in [0.2, 0.25) is 6.39 Å². The highest BCUT2D eigenvalue weighted by molar-refractivity contribution is 5.25. The molecule has 2 aromatic rings. The highest BCUT2D eigenvalue weighted by Crippen LogP contribution is 2.16. The van der Waals surface area contributed by atoms with Crippen LogP contribution in [-0.2, 0) is 6.42 Å². The standard InChI is InChI=1S/C13H16FN3O/c1-9-3-4-11(7-12(9)14)10(2)15-6-5-13-16-8-18-17-13/h3-4,7-8,10,15H,5-6H2,1-2H3. The van der Waals surface area contributed by atoms with Crippen LogP contribution >= 0.6 is 0 Å². The Bertz CT molecular complexity index is 499. The fraction of sp³-hybridized carbons (Fsp3) is 0.385. The third-order valence-electron chi connectivity index (χ3n) is 2.90. The summed E-state index contributed by atoms with van der Waals surface area (Å²) >= 11 is 0. The Morgan fingerprint density at radius 2 is 2.28 bits per heavy atom. The molecule has 0 amide bonds. The van der Waals surface area contributed by atoms with E-state index in [0.717, 1.165) is 12.1 Å². The number of rotatable bonds is 5. The molecule has 1 heterocycles. The normalized spacial score (nSPS) is 12.6. The molecule has 0 saturated carbocycles. The number of nitrogens with one attached hydrogen (secondary N) is 1. The smallest absolute Gasteiger partial charge is 0.213 e. The molecule has 0 bridgehead atoms. The van der Waals surface area contributed by atoms with Gasteiger partial charge in [-0.1, -0.05) is 17.3 Å². The summed E-state index contributed by atoms with van der Waals surface area (Å²) in [6.45, 7) is 4.48. The molecule has 0 fully saturated rings. The van der Waals surface area contributed by atoms with E-state index in [0.29, 0.717) is 17.8 Å². The molecular formula is C13H16FN3O. The predicted octanol–water partition coefficient (Wildman–Crippen LogP) is 2.41. The molecule has 5 heteroatoms. The summed E-state index contributed by atoms with van der Waals surface area (Å²) in [5, 5.41) is 7.02. The highest BCUT2D eigenvalue weighted by Gasteiger charge is 2.07. The first-order valence-corrected chi connectivity index (χ1v) is 5.91. The van der Waals surface area contributed by atoms with Gasteiger partial charge < -0.3 is 9.84 Å². The van der Waals surface area contributed by atoms with Crippen LogP contribution in [0.5, 0.6) is 0 Å². The molecular weight excluding hydrogens is 233 g/mol. The average Bonchev–Trinajstić information content (AvgIpc) is 2.85. The zero-order valence-corrected chi connectivity index (χ0v) is 10.5. The maximum absolute atomic E-state index is 13.4. The summed E-state index contributed by atoms with van der Waals surface area (Å²) in [7, 11) is 0. The number of nitrogens with zero attached hydrogens (tertiary/aromatic N) is 2. The molecule has 1 aromatic heterocycles. The van der Waals surface area contributed by atoms with Gasteiger partial charge in [0.25, 0.3) is 0 Å². The minimum atomic E-state index is -0.167. The first kappa shape index (κ1) is 12.7. The Balaban J connectivity index is 1.87. The molecule has 96 valence electrons. The summed E-state index contributed by atoms with van der Waals surface area (Å²) in [5.74, 6) is 0.504. The van der Waals surface area contributed by atoms with Crippen molar-refractivity contribution in [3.63, 3.8) is 0 Å². The van der Waals surface area contributed by atoms with Crippen LogP contribution in [0.3, 0.4) is 0 Å². The van der Waals surface area contributed by atoms with E-state index >= 15 is 0 Å². The van der Waals surface area contributed by atoms with Gasteiger partial charge in [0, 0.05) is 19.0 Å². The third kappa shape index (κ3) is 3.13. The lowest BCUT2D eigenvalue weighted by Gasteiger charge is -2.14. The number of hydrogen-bond donors (Lipinski definition) is 1. The van der Waals surface area contributed by atoms with Crippen molar-refractivity contribution in [2.24, 2.45) is 0 Å². The van der Waals surface area contributed by atoms with Crippen LogP contribution in [0.1, 0.15) is 29.9 Å². The van der Waals surface area contributed by atoms with Gasteiger partial charge in [-0.25, -0.2) is 4.39 Å². The average molecular weight is 249 g/mol. The monoisotopic (exact) mass is 249 g/mol. The molecule has 2 rings (SSSR count). The lowest BCUT2D eigenvalue weighted by molar-refractivity contribution is 0.408. The van der Waals surface area contributed by atoms with Gasteiger partial charge in [0.05, 0.1) is 0 Å². The zero-order valence-electron chi connectivity index (χ0n) is 10.5. The van der Waals surface area contributed by atoms with Crippen LogP contribution in [0.25, 0.3) is 0 Å². The van der Waals surface area contributed by atoms with Gasteiger partial charge in [-0.2, -0.15) is 4.98 Å². The van der Waals surface area contributed by atoms with Crippen molar-refractivity contribution in [1.82, 2.24) is 15.5 Å². The third-order valence-corrected chi connectivity index (χ3v) is 2.90.